The summed E-state index contributed by atoms with van der Waals surface area (Å²) in [5.74, 6) is 0.474. The Hall–Kier alpha value is -5.34. The molecule has 0 spiro atoms. The molecule has 0 radical (unpaired) electrons. The van der Waals surface area contributed by atoms with Crippen LogP contribution in [0.1, 0.15) is 56.3 Å². The lowest BCUT2D eigenvalue weighted by atomic mass is 9.94. The second-order valence-corrected chi connectivity index (χ2v) is 14.2. The molecule has 0 aliphatic carbocycles. The molecule has 9 rings (SSSR count). The Bertz CT molecular complexity index is 2750. The lowest BCUT2D eigenvalue weighted by Crippen LogP contribution is -2.03. The van der Waals surface area contributed by atoms with Crippen LogP contribution in [0.5, 0.6) is 0 Å². The van der Waals surface area contributed by atoms with E-state index in [0.29, 0.717) is 5.92 Å². The van der Waals surface area contributed by atoms with Gasteiger partial charge in [-0.25, -0.2) is 0 Å². The van der Waals surface area contributed by atoms with Crippen LogP contribution in [0.2, 0.25) is 0 Å². The van der Waals surface area contributed by atoms with Crippen LogP contribution in [-0.4, -0.2) is 9.13 Å². The molecule has 0 saturated carbocycles. The highest BCUT2D eigenvalue weighted by Crippen LogP contribution is 2.46. The Morgan fingerprint density at radius 1 is 0.479 bits per heavy atom. The predicted molar refractivity (Wildman–Crippen MR) is 208 cm³/mol. The van der Waals surface area contributed by atoms with Crippen molar-refractivity contribution in [1.29, 1.82) is 0 Å². The van der Waals surface area contributed by atoms with Gasteiger partial charge in [-0.2, -0.15) is 0 Å². The molecule has 0 unspecified atom stereocenters. The highest BCUT2D eigenvalue weighted by atomic mass is 15.0. The zero-order chi connectivity index (χ0) is 32.8. The number of hydrogen-bond donors (Lipinski definition) is 0. The summed E-state index contributed by atoms with van der Waals surface area (Å²) < 4.78 is 5.13. The van der Waals surface area contributed by atoms with Gasteiger partial charge in [0.05, 0.1) is 16.6 Å². The van der Waals surface area contributed by atoms with E-state index in [1.54, 1.807) is 0 Å². The standard InChI is InChI=1S/C46H40N2/c1-27(2)39-25-30(6)42(26-29(39)5)48-41-24-22-32-14-8-10-16-34(32)44(41)38-20-12-18-36(46(38)48)35-17-11-19-37-43-33-15-9-7-13-31(33)21-23-40(43)47(28(3)4)45(35)37/h7-28H,1-6H3. The first-order chi connectivity index (χ1) is 23.3. The summed E-state index contributed by atoms with van der Waals surface area (Å²) in [5, 5.41) is 10.4. The van der Waals surface area contributed by atoms with E-state index in [1.807, 2.05) is 0 Å². The molecule has 0 aliphatic heterocycles. The van der Waals surface area contributed by atoms with Gasteiger partial charge in [0.2, 0.25) is 0 Å². The minimum absolute atomic E-state index is 0.287. The molecule has 0 amide bonds. The summed E-state index contributed by atoms with van der Waals surface area (Å²) in [4.78, 5) is 0. The van der Waals surface area contributed by atoms with Crippen LogP contribution in [0, 0.1) is 13.8 Å². The first-order valence-electron chi connectivity index (χ1n) is 17.3. The second kappa shape index (κ2) is 10.6. The summed E-state index contributed by atoms with van der Waals surface area (Å²) in [5.41, 5.74) is 12.9. The quantitative estimate of drug-likeness (QED) is 0.185. The third kappa shape index (κ3) is 3.99. The van der Waals surface area contributed by atoms with Gasteiger partial charge in [0.1, 0.15) is 0 Å². The maximum atomic E-state index is 2.57. The fourth-order valence-electron chi connectivity index (χ4n) is 8.61. The van der Waals surface area contributed by atoms with Crippen molar-refractivity contribution in [2.45, 2.75) is 53.5 Å². The van der Waals surface area contributed by atoms with E-state index in [0.717, 1.165) is 0 Å². The normalized spacial score (nSPS) is 12.3. The lowest BCUT2D eigenvalue weighted by molar-refractivity contribution is 0.643. The smallest absolute Gasteiger partial charge is 0.0620 e. The summed E-state index contributed by atoms with van der Waals surface area (Å²) in [6, 6.07) is 45.9. The molecule has 0 atom stereocenters. The van der Waals surface area contributed by atoms with Crippen molar-refractivity contribution < 1.29 is 0 Å². The van der Waals surface area contributed by atoms with E-state index in [1.165, 1.54) is 98.7 Å². The molecule has 48 heavy (non-hydrogen) atoms. The Morgan fingerprint density at radius 2 is 1.02 bits per heavy atom. The van der Waals surface area contributed by atoms with Crippen molar-refractivity contribution in [3.05, 3.63) is 138 Å². The van der Waals surface area contributed by atoms with Gasteiger partial charge in [0.15, 0.2) is 0 Å². The first kappa shape index (κ1) is 28.8. The Kier molecular flexibility index (Phi) is 6.36. The number of hydrogen-bond acceptors (Lipinski definition) is 0. The van der Waals surface area contributed by atoms with Gasteiger partial charge in [0, 0.05) is 49.9 Å². The summed E-state index contributed by atoms with van der Waals surface area (Å²) >= 11 is 0. The van der Waals surface area contributed by atoms with Gasteiger partial charge in [-0.05, 0) is 90.0 Å². The van der Waals surface area contributed by atoms with E-state index in [4.69, 9.17) is 0 Å². The minimum atomic E-state index is 0.287. The van der Waals surface area contributed by atoms with Crippen LogP contribution in [0.15, 0.2) is 121 Å². The van der Waals surface area contributed by atoms with E-state index in [9.17, 15) is 0 Å². The topological polar surface area (TPSA) is 9.86 Å². The van der Waals surface area contributed by atoms with Crippen molar-refractivity contribution in [3.63, 3.8) is 0 Å². The molecule has 234 valence electrons. The number of para-hydroxylation sites is 2. The van der Waals surface area contributed by atoms with Gasteiger partial charge in [0.25, 0.3) is 0 Å². The number of nitrogens with zero attached hydrogens (tertiary/aromatic N) is 2. The van der Waals surface area contributed by atoms with Gasteiger partial charge in [-0.1, -0.05) is 117 Å². The molecule has 0 aliphatic rings. The molecule has 9 aromatic rings. The summed E-state index contributed by atoms with van der Waals surface area (Å²) in [6.45, 7) is 13.8. The Labute approximate surface area is 281 Å². The molecule has 0 fully saturated rings. The van der Waals surface area contributed by atoms with Crippen molar-refractivity contribution in [3.8, 4) is 16.8 Å². The molecule has 0 saturated heterocycles. The van der Waals surface area contributed by atoms with Crippen molar-refractivity contribution in [1.82, 2.24) is 9.13 Å². The van der Waals surface area contributed by atoms with Gasteiger partial charge >= 0.3 is 0 Å². The Morgan fingerprint density at radius 3 is 1.65 bits per heavy atom. The fraction of sp³-hybridized carbons (Fsp3) is 0.174. The highest BCUT2D eigenvalue weighted by molar-refractivity contribution is 6.26. The van der Waals surface area contributed by atoms with E-state index in [-0.39, 0.29) is 6.04 Å². The van der Waals surface area contributed by atoms with E-state index in [2.05, 4.69) is 172 Å². The SMILES string of the molecule is Cc1cc(-n2c3ccc4ccccc4c3c3cccc(-c4cccc5c6c7ccccc7ccc6n(C(C)C)c45)c32)c(C)cc1C(C)C. The largest absolute Gasteiger partial charge is 0.337 e. The van der Waals surface area contributed by atoms with Gasteiger partial charge in [-0.15, -0.1) is 0 Å². The van der Waals surface area contributed by atoms with Crippen LogP contribution in [-0.2, 0) is 0 Å². The molecule has 2 heterocycles. The highest BCUT2D eigenvalue weighted by Gasteiger charge is 2.24. The molecule has 2 heteroatoms. The van der Waals surface area contributed by atoms with Gasteiger partial charge < -0.3 is 9.13 Å². The lowest BCUT2D eigenvalue weighted by Gasteiger charge is -2.19. The van der Waals surface area contributed by atoms with Gasteiger partial charge in [-0.3, -0.25) is 0 Å². The summed E-state index contributed by atoms with van der Waals surface area (Å²) in [7, 11) is 0. The molecule has 2 nitrogen and oxygen atoms in total. The molecular weight excluding hydrogens is 581 g/mol. The maximum absolute atomic E-state index is 2.57. The van der Waals surface area contributed by atoms with Crippen LogP contribution in [0.3, 0.4) is 0 Å². The third-order valence-corrected chi connectivity index (χ3v) is 10.6. The third-order valence-electron chi connectivity index (χ3n) is 10.6. The molecule has 0 N–H and O–H groups in total. The van der Waals surface area contributed by atoms with Crippen LogP contribution in [0.25, 0.3) is 82.0 Å². The van der Waals surface area contributed by atoms with Crippen molar-refractivity contribution in [2.75, 3.05) is 0 Å². The molecule has 2 aromatic heterocycles. The number of aryl methyl sites for hydroxylation is 2. The van der Waals surface area contributed by atoms with E-state index < -0.39 is 0 Å². The zero-order valence-corrected chi connectivity index (χ0v) is 28.6. The monoisotopic (exact) mass is 620 g/mol. The molecule has 7 aromatic carbocycles. The summed E-state index contributed by atoms with van der Waals surface area (Å²) in [6.07, 6.45) is 0. The average Bonchev–Trinajstić information content (AvgIpc) is 3.63. The molecule has 0 bridgehead atoms. The van der Waals surface area contributed by atoms with Crippen LogP contribution >= 0.6 is 0 Å². The van der Waals surface area contributed by atoms with Crippen molar-refractivity contribution in [2.24, 2.45) is 0 Å². The second-order valence-electron chi connectivity index (χ2n) is 14.2. The van der Waals surface area contributed by atoms with Crippen molar-refractivity contribution >= 4 is 65.2 Å². The average molecular weight is 621 g/mol. The first-order valence-corrected chi connectivity index (χ1v) is 17.3. The number of rotatable bonds is 4. The van der Waals surface area contributed by atoms with Crippen LogP contribution in [0.4, 0.5) is 0 Å². The fourth-order valence-corrected chi connectivity index (χ4v) is 8.61. The number of benzene rings is 7. The number of aromatic nitrogens is 2. The van der Waals surface area contributed by atoms with Crippen LogP contribution < -0.4 is 0 Å². The number of fused-ring (bicyclic) bond motifs is 10. The van der Waals surface area contributed by atoms with E-state index >= 15 is 0 Å². The maximum Gasteiger partial charge on any atom is 0.0620 e. The molecular formula is C46H40N2. The zero-order valence-electron chi connectivity index (χ0n) is 28.6. The predicted octanol–water partition coefficient (Wildman–Crippen LogP) is 13.2. The Balaban J connectivity index is 1.49. The minimum Gasteiger partial charge on any atom is -0.337 e.